The fraction of sp³-hybridized carbons (Fsp3) is 0.933. The van der Waals surface area contributed by atoms with Crippen molar-refractivity contribution in [2.75, 3.05) is 0 Å². The molecule has 0 aliphatic heterocycles. The topological polar surface area (TPSA) is 0 Å². The number of rotatable bonds is 25. The van der Waals surface area contributed by atoms with Gasteiger partial charge < -0.3 is 0 Å². The van der Waals surface area contributed by atoms with E-state index in [1.54, 1.807) is 0 Å². The molecule has 30 heavy (non-hydrogen) atoms. The van der Waals surface area contributed by atoms with Gasteiger partial charge in [0, 0.05) is 0 Å². The predicted molar refractivity (Wildman–Crippen MR) is 140 cm³/mol. The number of hydrogen-bond acceptors (Lipinski definition) is 0. The van der Waals surface area contributed by atoms with Crippen LogP contribution in [0.1, 0.15) is 175 Å². The summed E-state index contributed by atoms with van der Waals surface area (Å²) in [5.41, 5.74) is 0. The quantitative estimate of drug-likeness (QED) is 0.102. The third-order valence-corrected chi connectivity index (χ3v) is 6.92. The fourth-order valence-electron chi connectivity index (χ4n) is 4.61. The molecule has 0 aromatic carbocycles. The molecule has 0 fully saturated rings. The zero-order valence-electron chi connectivity index (χ0n) is 21.7. The molecule has 180 valence electrons. The lowest BCUT2D eigenvalue weighted by atomic mass is 9.92. The van der Waals surface area contributed by atoms with Crippen LogP contribution in [0.2, 0.25) is 0 Å². The molecule has 0 heterocycles. The van der Waals surface area contributed by atoms with Crippen molar-refractivity contribution in [3.8, 4) is 0 Å². The summed E-state index contributed by atoms with van der Waals surface area (Å²) in [6.45, 7) is 6.99. The molecule has 0 heteroatoms. The first-order chi connectivity index (χ1) is 14.8. The van der Waals surface area contributed by atoms with Gasteiger partial charge in [-0.3, -0.25) is 0 Å². The summed E-state index contributed by atoms with van der Waals surface area (Å²) in [7, 11) is 0. The van der Waals surface area contributed by atoms with Gasteiger partial charge in [-0.05, 0) is 25.2 Å². The fourth-order valence-corrected chi connectivity index (χ4v) is 4.61. The minimum absolute atomic E-state index is 1.02. The van der Waals surface area contributed by atoms with E-state index < -0.39 is 0 Å². The molecule has 0 aromatic heterocycles. The summed E-state index contributed by atoms with van der Waals surface area (Å²) in [4.78, 5) is 0. The van der Waals surface area contributed by atoms with Gasteiger partial charge in [-0.2, -0.15) is 0 Å². The summed E-state index contributed by atoms with van der Waals surface area (Å²) >= 11 is 0. The molecule has 0 nitrogen and oxygen atoms in total. The Morgan fingerprint density at radius 3 is 1.20 bits per heavy atom. The standard InChI is InChI=1S/C30H60/c1-4-7-9-11-13-14-15-16-17-18-19-20-21-23-25-27-29-30(6-3)28-26-24-22-12-10-8-5-2/h11,13,30H,4-10,12,14-29H2,1-3H3/b13-11+. The van der Waals surface area contributed by atoms with Crippen LogP contribution >= 0.6 is 0 Å². The average Bonchev–Trinajstić information content (AvgIpc) is 2.76. The van der Waals surface area contributed by atoms with E-state index in [9.17, 15) is 0 Å². The Labute approximate surface area is 193 Å². The largest absolute Gasteiger partial charge is 0.0885 e. The maximum Gasteiger partial charge on any atom is -0.0351 e. The highest BCUT2D eigenvalue weighted by Crippen LogP contribution is 2.22. The van der Waals surface area contributed by atoms with Crippen molar-refractivity contribution in [1.29, 1.82) is 0 Å². The van der Waals surface area contributed by atoms with Gasteiger partial charge in [-0.15, -0.1) is 0 Å². The molecule has 0 aromatic rings. The van der Waals surface area contributed by atoms with Gasteiger partial charge in [0.1, 0.15) is 0 Å². The second-order valence-corrected chi connectivity index (χ2v) is 9.91. The van der Waals surface area contributed by atoms with Crippen LogP contribution in [0.15, 0.2) is 12.2 Å². The number of unbranched alkanes of at least 4 members (excludes halogenated alkanes) is 18. The Balaban J connectivity index is 3.26. The Morgan fingerprint density at radius 1 is 0.400 bits per heavy atom. The smallest absolute Gasteiger partial charge is 0.0351 e. The summed E-state index contributed by atoms with van der Waals surface area (Å²) < 4.78 is 0. The Hall–Kier alpha value is -0.260. The van der Waals surface area contributed by atoms with Crippen LogP contribution in [0.25, 0.3) is 0 Å². The van der Waals surface area contributed by atoms with E-state index in [-0.39, 0.29) is 0 Å². The van der Waals surface area contributed by atoms with Gasteiger partial charge in [0.05, 0.1) is 0 Å². The molecule has 0 radical (unpaired) electrons. The molecule has 0 amide bonds. The molecule has 0 bridgehead atoms. The van der Waals surface area contributed by atoms with E-state index >= 15 is 0 Å². The summed E-state index contributed by atoms with van der Waals surface area (Å²) in [5.74, 6) is 1.02. The maximum absolute atomic E-state index is 2.41. The zero-order chi connectivity index (χ0) is 22.0. The van der Waals surface area contributed by atoms with Gasteiger partial charge in [0.15, 0.2) is 0 Å². The van der Waals surface area contributed by atoms with Crippen molar-refractivity contribution in [3.63, 3.8) is 0 Å². The predicted octanol–water partition coefficient (Wildman–Crippen LogP) is 11.6. The van der Waals surface area contributed by atoms with Crippen LogP contribution in [-0.4, -0.2) is 0 Å². The molecule has 1 unspecified atom stereocenters. The van der Waals surface area contributed by atoms with Crippen molar-refractivity contribution < 1.29 is 0 Å². The van der Waals surface area contributed by atoms with Gasteiger partial charge in [-0.25, -0.2) is 0 Å². The molecule has 0 saturated heterocycles. The van der Waals surface area contributed by atoms with Crippen LogP contribution in [0.3, 0.4) is 0 Å². The van der Waals surface area contributed by atoms with E-state index in [4.69, 9.17) is 0 Å². The van der Waals surface area contributed by atoms with Crippen molar-refractivity contribution in [3.05, 3.63) is 12.2 Å². The van der Waals surface area contributed by atoms with Crippen molar-refractivity contribution in [2.45, 2.75) is 175 Å². The first-order valence-corrected chi connectivity index (χ1v) is 14.5. The Kier molecular flexibility index (Phi) is 26.5. The number of hydrogen-bond donors (Lipinski definition) is 0. The first kappa shape index (κ1) is 29.7. The molecule has 0 aliphatic rings. The van der Waals surface area contributed by atoms with Crippen molar-refractivity contribution >= 4 is 0 Å². The van der Waals surface area contributed by atoms with E-state index in [0.29, 0.717) is 0 Å². The lowest BCUT2D eigenvalue weighted by molar-refractivity contribution is 0.392. The number of allylic oxidation sites excluding steroid dienone is 2. The Morgan fingerprint density at radius 2 is 0.767 bits per heavy atom. The molecule has 0 spiro atoms. The molecule has 1 atom stereocenters. The van der Waals surface area contributed by atoms with Crippen LogP contribution < -0.4 is 0 Å². The molecule has 0 aliphatic carbocycles. The lowest BCUT2D eigenvalue weighted by Gasteiger charge is -2.14. The molecule has 0 saturated carbocycles. The van der Waals surface area contributed by atoms with Gasteiger partial charge >= 0.3 is 0 Å². The molecular formula is C30H60. The van der Waals surface area contributed by atoms with Crippen molar-refractivity contribution in [1.82, 2.24) is 0 Å². The van der Waals surface area contributed by atoms with Gasteiger partial charge in [0.25, 0.3) is 0 Å². The first-order valence-electron chi connectivity index (χ1n) is 14.5. The van der Waals surface area contributed by atoms with Crippen molar-refractivity contribution in [2.24, 2.45) is 5.92 Å². The second kappa shape index (κ2) is 26.8. The third-order valence-electron chi connectivity index (χ3n) is 6.92. The highest BCUT2D eigenvalue weighted by molar-refractivity contribution is 4.81. The molecule has 0 rings (SSSR count). The van der Waals surface area contributed by atoms with E-state index in [2.05, 4.69) is 32.9 Å². The highest BCUT2D eigenvalue weighted by atomic mass is 14.1. The van der Waals surface area contributed by atoms with E-state index in [1.165, 1.54) is 154 Å². The van der Waals surface area contributed by atoms with E-state index in [0.717, 1.165) is 5.92 Å². The van der Waals surface area contributed by atoms with Gasteiger partial charge in [0.2, 0.25) is 0 Å². The third kappa shape index (κ3) is 24.0. The SMILES string of the molecule is CCCC/C=C/CCCCCCCCCCCCC(CC)CCCCCCCCC. The zero-order valence-corrected chi connectivity index (χ0v) is 21.7. The average molecular weight is 421 g/mol. The van der Waals surface area contributed by atoms with Crippen LogP contribution in [0, 0.1) is 5.92 Å². The highest BCUT2D eigenvalue weighted by Gasteiger charge is 2.05. The second-order valence-electron chi connectivity index (χ2n) is 9.91. The minimum Gasteiger partial charge on any atom is -0.0885 e. The minimum atomic E-state index is 1.02. The monoisotopic (exact) mass is 420 g/mol. The summed E-state index contributed by atoms with van der Waals surface area (Å²) in [6, 6.07) is 0. The Bertz CT molecular complexity index is 316. The molecular weight excluding hydrogens is 360 g/mol. The van der Waals surface area contributed by atoms with E-state index in [1.807, 2.05) is 0 Å². The van der Waals surface area contributed by atoms with Crippen LogP contribution in [-0.2, 0) is 0 Å². The summed E-state index contributed by atoms with van der Waals surface area (Å²) in [6.07, 6.45) is 39.3. The van der Waals surface area contributed by atoms with Gasteiger partial charge in [-0.1, -0.05) is 168 Å². The lowest BCUT2D eigenvalue weighted by Crippen LogP contribution is -1.99. The molecule has 0 N–H and O–H groups in total. The van der Waals surface area contributed by atoms with Crippen LogP contribution in [0.5, 0.6) is 0 Å². The maximum atomic E-state index is 2.41. The van der Waals surface area contributed by atoms with Crippen LogP contribution in [0.4, 0.5) is 0 Å². The summed E-state index contributed by atoms with van der Waals surface area (Å²) in [5, 5.41) is 0. The normalized spacial score (nSPS) is 12.8.